The smallest absolute Gasteiger partial charge is 0.127 e. The van der Waals surface area contributed by atoms with Gasteiger partial charge in [-0.2, -0.15) is 5.26 Å². The molecule has 1 fully saturated rings. The number of hydrogen-bond donors (Lipinski definition) is 1. The van der Waals surface area contributed by atoms with Crippen molar-refractivity contribution in [2.45, 2.75) is 44.9 Å². The number of rotatable bonds is 5. The summed E-state index contributed by atoms with van der Waals surface area (Å²) in [6.07, 6.45) is 0.0301. The second-order valence-corrected chi connectivity index (χ2v) is 7.24. The summed E-state index contributed by atoms with van der Waals surface area (Å²) in [5.74, 6) is 1.27. The molecule has 26 heavy (non-hydrogen) atoms. The SMILES string of the molecule is CC(C)c1cccc(O[C@@H]2CCN(Cc3ccccc3C#N)C[C@H]2O)c1. The number of aliphatic hydroxyl groups excluding tert-OH is 1. The van der Waals surface area contributed by atoms with Crippen LogP contribution in [-0.2, 0) is 6.54 Å². The van der Waals surface area contributed by atoms with Crippen LogP contribution in [0.25, 0.3) is 0 Å². The van der Waals surface area contributed by atoms with E-state index in [0.29, 0.717) is 24.6 Å². The summed E-state index contributed by atoms with van der Waals surface area (Å²) in [7, 11) is 0. The van der Waals surface area contributed by atoms with E-state index in [1.807, 2.05) is 36.4 Å². The zero-order valence-corrected chi connectivity index (χ0v) is 15.4. The third kappa shape index (κ3) is 4.43. The molecule has 0 bridgehead atoms. The van der Waals surface area contributed by atoms with Crippen LogP contribution in [0, 0.1) is 11.3 Å². The highest BCUT2D eigenvalue weighted by atomic mass is 16.5. The fraction of sp³-hybridized carbons (Fsp3) is 0.409. The standard InChI is InChI=1S/C22H26N2O2/c1-16(2)17-8-5-9-20(12-17)26-22-10-11-24(15-21(22)25)14-19-7-4-3-6-18(19)13-23/h3-9,12,16,21-22,25H,10-11,14-15H2,1-2H3/t21-,22-/m1/s1. The molecule has 3 rings (SSSR count). The van der Waals surface area contributed by atoms with Crippen LogP contribution in [0.1, 0.15) is 42.9 Å². The van der Waals surface area contributed by atoms with Crippen molar-refractivity contribution in [2.75, 3.05) is 13.1 Å². The number of benzene rings is 2. The van der Waals surface area contributed by atoms with E-state index in [4.69, 9.17) is 4.74 Å². The highest BCUT2D eigenvalue weighted by Gasteiger charge is 2.29. The van der Waals surface area contributed by atoms with Crippen molar-refractivity contribution in [3.05, 3.63) is 65.2 Å². The van der Waals surface area contributed by atoms with Crippen LogP contribution in [0.3, 0.4) is 0 Å². The molecule has 0 unspecified atom stereocenters. The Bertz CT molecular complexity index is 782. The summed E-state index contributed by atoms with van der Waals surface area (Å²) in [5.41, 5.74) is 2.94. The van der Waals surface area contributed by atoms with Gasteiger partial charge in [0.2, 0.25) is 0 Å². The monoisotopic (exact) mass is 350 g/mol. The minimum atomic E-state index is -0.541. The Labute approximate surface area is 155 Å². The number of β-amino-alcohol motifs (C(OH)–C–C–N with tert-alkyl or cyclic N) is 1. The summed E-state index contributed by atoms with van der Waals surface area (Å²) in [4.78, 5) is 2.19. The van der Waals surface area contributed by atoms with E-state index in [0.717, 1.165) is 24.3 Å². The summed E-state index contributed by atoms with van der Waals surface area (Å²) in [6, 6.07) is 18.0. The van der Waals surface area contributed by atoms with Gasteiger partial charge in [0.25, 0.3) is 0 Å². The van der Waals surface area contributed by atoms with Gasteiger partial charge in [-0.25, -0.2) is 0 Å². The largest absolute Gasteiger partial charge is 0.488 e. The lowest BCUT2D eigenvalue weighted by atomic mass is 10.0. The van der Waals surface area contributed by atoms with Gasteiger partial charge in [0.05, 0.1) is 11.6 Å². The van der Waals surface area contributed by atoms with Crippen molar-refractivity contribution in [3.8, 4) is 11.8 Å². The lowest BCUT2D eigenvalue weighted by Gasteiger charge is -2.36. The predicted octanol–water partition coefficient (Wildman–Crippen LogP) is 3.70. The van der Waals surface area contributed by atoms with E-state index < -0.39 is 6.10 Å². The van der Waals surface area contributed by atoms with E-state index in [-0.39, 0.29) is 6.10 Å². The normalized spacial score (nSPS) is 20.7. The van der Waals surface area contributed by atoms with Crippen molar-refractivity contribution in [3.63, 3.8) is 0 Å². The molecule has 1 aliphatic heterocycles. The van der Waals surface area contributed by atoms with Gasteiger partial charge in [0.15, 0.2) is 0 Å². The molecular weight excluding hydrogens is 324 g/mol. The zero-order valence-electron chi connectivity index (χ0n) is 15.4. The Kier molecular flexibility index (Phi) is 5.92. The Morgan fingerprint density at radius 1 is 1.23 bits per heavy atom. The summed E-state index contributed by atoms with van der Waals surface area (Å²) < 4.78 is 6.07. The van der Waals surface area contributed by atoms with Crippen LogP contribution in [-0.4, -0.2) is 35.3 Å². The third-order valence-electron chi connectivity index (χ3n) is 4.95. The van der Waals surface area contributed by atoms with Crippen LogP contribution < -0.4 is 4.74 Å². The molecule has 0 aromatic heterocycles. The summed E-state index contributed by atoms with van der Waals surface area (Å²) >= 11 is 0. The molecule has 2 aromatic rings. The van der Waals surface area contributed by atoms with Crippen LogP contribution in [0.2, 0.25) is 0 Å². The molecule has 0 spiro atoms. The average molecular weight is 350 g/mol. The fourth-order valence-corrected chi connectivity index (χ4v) is 3.39. The topological polar surface area (TPSA) is 56.5 Å². The molecule has 0 saturated carbocycles. The summed E-state index contributed by atoms with van der Waals surface area (Å²) in [6.45, 7) is 6.38. The highest BCUT2D eigenvalue weighted by molar-refractivity contribution is 5.37. The number of likely N-dealkylation sites (tertiary alicyclic amines) is 1. The van der Waals surface area contributed by atoms with Crippen LogP contribution in [0.4, 0.5) is 0 Å². The minimum absolute atomic E-state index is 0.195. The lowest BCUT2D eigenvalue weighted by Crippen LogP contribution is -2.48. The number of hydrogen-bond acceptors (Lipinski definition) is 4. The second kappa shape index (κ2) is 8.35. The maximum Gasteiger partial charge on any atom is 0.127 e. The Morgan fingerprint density at radius 2 is 2.04 bits per heavy atom. The number of aliphatic hydroxyl groups is 1. The van der Waals surface area contributed by atoms with Gasteiger partial charge in [-0.05, 0) is 41.7 Å². The van der Waals surface area contributed by atoms with Crippen molar-refractivity contribution in [2.24, 2.45) is 0 Å². The third-order valence-corrected chi connectivity index (χ3v) is 4.95. The van der Waals surface area contributed by atoms with Crippen molar-refractivity contribution in [1.29, 1.82) is 5.26 Å². The fourth-order valence-electron chi connectivity index (χ4n) is 3.39. The van der Waals surface area contributed by atoms with Crippen LogP contribution in [0.5, 0.6) is 5.75 Å². The molecule has 2 atom stereocenters. The number of nitriles is 1. The summed E-state index contributed by atoms with van der Waals surface area (Å²) in [5, 5.41) is 19.8. The molecule has 1 heterocycles. The maximum absolute atomic E-state index is 10.6. The first kappa shape index (κ1) is 18.4. The molecule has 1 saturated heterocycles. The number of nitrogens with zero attached hydrogens (tertiary/aromatic N) is 2. The molecule has 0 amide bonds. The lowest BCUT2D eigenvalue weighted by molar-refractivity contribution is -0.0275. The Hall–Kier alpha value is -2.35. The minimum Gasteiger partial charge on any atom is -0.488 e. The number of piperidine rings is 1. The second-order valence-electron chi connectivity index (χ2n) is 7.24. The molecular formula is C22H26N2O2. The molecule has 4 nitrogen and oxygen atoms in total. The van der Waals surface area contributed by atoms with E-state index in [2.05, 4.69) is 36.9 Å². The van der Waals surface area contributed by atoms with Crippen molar-refractivity contribution < 1.29 is 9.84 Å². The molecule has 0 aliphatic carbocycles. The maximum atomic E-state index is 10.6. The first-order chi connectivity index (χ1) is 12.6. The molecule has 1 N–H and O–H groups in total. The van der Waals surface area contributed by atoms with Gasteiger partial charge in [0, 0.05) is 19.6 Å². The van der Waals surface area contributed by atoms with Gasteiger partial charge in [0.1, 0.15) is 18.0 Å². The van der Waals surface area contributed by atoms with Gasteiger partial charge >= 0.3 is 0 Å². The van der Waals surface area contributed by atoms with Crippen molar-refractivity contribution >= 4 is 0 Å². The first-order valence-corrected chi connectivity index (χ1v) is 9.22. The molecule has 4 heteroatoms. The first-order valence-electron chi connectivity index (χ1n) is 9.22. The van der Waals surface area contributed by atoms with E-state index in [9.17, 15) is 10.4 Å². The van der Waals surface area contributed by atoms with Crippen molar-refractivity contribution in [1.82, 2.24) is 4.90 Å². The van der Waals surface area contributed by atoms with E-state index in [1.54, 1.807) is 0 Å². The van der Waals surface area contributed by atoms with Gasteiger partial charge in [-0.15, -0.1) is 0 Å². The molecule has 1 aliphatic rings. The molecule has 0 radical (unpaired) electrons. The highest BCUT2D eigenvalue weighted by Crippen LogP contribution is 2.24. The van der Waals surface area contributed by atoms with E-state index in [1.165, 1.54) is 5.56 Å². The zero-order chi connectivity index (χ0) is 18.5. The van der Waals surface area contributed by atoms with Gasteiger partial charge in [-0.3, -0.25) is 4.90 Å². The average Bonchev–Trinajstić information content (AvgIpc) is 2.64. The van der Waals surface area contributed by atoms with E-state index >= 15 is 0 Å². The van der Waals surface area contributed by atoms with Crippen LogP contribution >= 0.6 is 0 Å². The Morgan fingerprint density at radius 3 is 2.77 bits per heavy atom. The van der Waals surface area contributed by atoms with Gasteiger partial charge in [-0.1, -0.05) is 44.2 Å². The number of ether oxygens (including phenoxy) is 1. The van der Waals surface area contributed by atoms with Crippen LogP contribution in [0.15, 0.2) is 48.5 Å². The Balaban J connectivity index is 1.60. The molecule has 136 valence electrons. The predicted molar refractivity (Wildman–Crippen MR) is 102 cm³/mol. The van der Waals surface area contributed by atoms with Gasteiger partial charge < -0.3 is 9.84 Å². The molecule has 2 aromatic carbocycles. The quantitative estimate of drug-likeness (QED) is 0.893.